The second-order valence-corrected chi connectivity index (χ2v) is 8.59. The molecule has 5 nitrogen and oxygen atoms in total. The number of carbonyl (C=O) groups is 1. The Morgan fingerprint density at radius 3 is 2.71 bits per heavy atom. The van der Waals surface area contributed by atoms with Crippen molar-refractivity contribution in [2.24, 2.45) is 5.92 Å². The number of nitriles is 1. The molecule has 1 amide bonds. The minimum atomic E-state index is -0.647. The van der Waals surface area contributed by atoms with Gasteiger partial charge in [-0.25, -0.2) is 8.78 Å². The molecule has 2 aliphatic rings. The quantitative estimate of drug-likeness (QED) is 0.605. The van der Waals surface area contributed by atoms with Crippen LogP contribution in [0.1, 0.15) is 37.3 Å². The van der Waals surface area contributed by atoms with Crippen molar-refractivity contribution < 1.29 is 18.3 Å². The second kappa shape index (κ2) is 10.1. The molecule has 2 heterocycles. The molecule has 0 saturated carbocycles. The average molecular weight is 464 g/mol. The van der Waals surface area contributed by atoms with Crippen LogP contribution in [-0.2, 0) is 4.79 Å². The Morgan fingerprint density at radius 1 is 1.21 bits per heavy atom. The summed E-state index contributed by atoms with van der Waals surface area (Å²) in [5.74, 6) is -0.596. The third-order valence-corrected chi connectivity index (χ3v) is 6.54. The van der Waals surface area contributed by atoms with Crippen molar-refractivity contribution in [3.63, 3.8) is 0 Å². The van der Waals surface area contributed by atoms with Crippen molar-refractivity contribution >= 4 is 17.3 Å². The highest BCUT2D eigenvalue weighted by Gasteiger charge is 2.27. The molecule has 0 N–H and O–H groups in total. The monoisotopic (exact) mass is 463 g/mol. The van der Waals surface area contributed by atoms with E-state index in [-0.39, 0.29) is 17.2 Å². The van der Waals surface area contributed by atoms with Gasteiger partial charge in [-0.1, -0.05) is 25.5 Å². The van der Waals surface area contributed by atoms with Gasteiger partial charge in [0, 0.05) is 48.2 Å². The molecule has 34 heavy (non-hydrogen) atoms. The van der Waals surface area contributed by atoms with E-state index in [1.807, 2.05) is 21.9 Å². The van der Waals surface area contributed by atoms with E-state index in [1.165, 1.54) is 31.4 Å². The molecule has 0 radical (unpaired) electrons. The standard InChI is InChI=1S/C27H27F2N3O2/c1-3-18-5-4-11-31(17-18)27(33)20-10-12-32(22-8-9-26(34-2)24(29)15-22)25(14-20)19-6-7-21(16-30)23(28)13-19/h6-10,13-15,18H,3-5,11-12,17H2,1-2H3/t18-/m1/s1. The van der Waals surface area contributed by atoms with E-state index in [0.29, 0.717) is 35.0 Å². The van der Waals surface area contributed by atoms with E-state index >= 15 is 0 Å². The van der Waals surface area contributed by atoms with Crippen LogP contribution >= 0.6 is 0 Å². The van der Waals surface area contributed by atoms with E-state index in [1.54, 1.807) is 18.2 Å². The second-order valence-electron chi connectivity index (χ2n) is 8.59. The Hall–Kier alpha value is -3.66. The van der Waals surface area contributed by atoms with Gasteiger partial charge in [0.15, 0.2) is 11.6 Å². The van der Waals surface area contributed by atoms with Gasteiger partial charge in [0.25, 0.3) is 5.91 Å². The van der Waals surface area contributed by atoms with Crippen molar-refractivity contribution in [3.05, 3.63) is 76.9 Å². The normalized spacial score (nSPS) is 18.1. The van der Waals surface area contributed by atoms with Crippen LogP contribution in [0.15, 0.2) is 54.1 Å². The summed E-state index contributed by atoms with van der Waals surface area (Å²) in [6.07, 6.45) is 6.69. The molecular weight excluding hydrogens is 436 g/mol. The molecule has 7 heteroatoms. The molecule has 4 rings (SSSR count). The molecule has 2 aromatic carbocycles. The summed E-state index contributed by atoms with van der Waals surface area (Å²) in [4.78, 5) is 17.0. The maximum atomic E-state index is 14.5. The highest BCUT2D eigenvalue weighted by atomic mass is 19.1. The summed E-state index contributed by atoms with van der Waals surface area (Å²) in [5.41, 5.74) is 2.06. The molecule has 1 saturated heterocycles. The molecule has 0 aliphatic carbocycles. The molecular formula is C27H27F2N3O2. The summed E-state index contributed by atoms with van der Waals surface area (Å²) in [7, 11) is 1.40. The van der Waals surface area contributed by atoms with E-state index in [9.17, 15) is 13.6 Å². The number of amides is 1. The number of hydrogen-bond acceptors (Lipinski definition) is 4. The lowest BCUT2D eigenvalue weighted by molar-refractivity contribution is -0.128. The minimum Gasteiger partial charge on any atom is -0.494 e. The van der Waals surface area contributed by atoms with E-state index in [2.05, 4.69) is 6.92 Å². The number of hydrogen-bond donors (Lipinski definition) is 0. The lowest BCUT2D eigenvalue weighted by Crippen LogP contribution is -2.41. The highest BCUT2D eigenvalue weighted by molar-refractivity contribution is 6.00. The van der Waals surface area contributed by atoms with Crippen molar-refractivity contribution in [1.29, 1.82) is 5.26 Å². The van der Waals surface area contributed by atoms with Gasteiger partial charge in [-0.2, -0.15) is 5.26 Å². The van der Waals surface area contributed by atoms with Crippen molar-refractivity contribution in [2.75, 3.05) is 31.6 Å². The fourth-order valence-electron chi connectivity index (χ4n) is 4.56. The molecule has 0 aromatic heterocycles. The van der Waals surface area contributed by atoms with Crippen molar-refractivity contribution in [1.82, 2.24) is 4.90 Å². The van der Waals surface area contributed by atoms with Crippen LogP contribution in [0.3, 0.4) is 0 Å². The summed E-state index contributed by atoms with van der Waals surface area (Å²) in [6, 6.07) is 10.8. The number of rotatable bonds is 5. The van der Waals surface area contributed by atoms with E-state index in [0.717, 1.165) is 32.4 Å². The van der Waals surface area contributed by atoms with E-state index in [4.69, 9.17) is 10.00 Å². The molecule has 2 aliphatic heterocycles. The first-order valence-electron chi connectivity index (χ1n) is 11.5. The van der Waals surface area contributed by atoms with Gasteiger partial charge in [-0.3, -0.25) is 4.79 Å². The molecule has 2 aromatic rings. The number of methoxy groups -OCH3 is 1. The number of halogens is 2. The smallest absolute Gasteiger partial charge is 0.253 e. The predicted octanol–water partition coefficient (Wildman–Crippen LogP) is 5.28. The number of nitrogens with zero attached hydrogens (tertiary/aromatic N) is 3. The zero-order valence-electron chi connectivity index (χ0n) is 19.4. The molecule has 1 fully saturated rings. The van der Waals surface area contributed by atoms with Crippen molar-refractivity contribution in [3.8, 4) is 11.8 Å². The van der Waals surface area contributed by atoms with Gasteiger partial charge in [0.2, 0.25) is 0 Å². The highest BCUT2D eigenvalue weighted by Crippen LogP contribution is 2.34. The first-order chi connectivity index (χ1) is 16.4. The maximum Gasteiger partial charge on any atom is 0.253 e. The third-order valence-electron chi connectivity index (χ3n) is 6.54. The van der Waals surface area contributed by atoms with Crippen LogP contribution in [0.4, 0.5) is 14.5 Å². The fourth-order valence-corrected chi connectivity index (χ4v) is 4.56. The van der Waals surface area contributed by atoms with Gasteiger partial charge < -0.3 is 14.5 Å². The number of anilines is 1. The number of benzene rings is 2. The lowest BCUT2D eigenvalue weighted by Gasteiger charge is -2.35. The summed E-state index contributed by atoms with van der Waals surface area (Å²) < 4.78 is 34.0. The Morgan fingerprint density at radius 2 is 2.03 bits per heavy atom. The van der Waals surface area contributed by atoms with E-state index < -0.39 is 11.6 Å². The Kier molecular flexibility index (Phi) is 6.97. The average Bonchev–Trinajstić information content (AvgIpc) is 2.87. The molecule has 0 unspecified atom stereocenters. The third kappa shape index (κ3) is 4.67. The number of ether oxygens (including phenoxy) is 1. The van der Waals surface area contributed by atoms with Gasteiger partial charge in [-0.15, -0.1) is 0 Å². The lowest BCUT2D eigenvalue weighted by atomic mass is 9.94. The summed E-state index contributed by atoms with van der Waals surface area (Å²) >= 11 is 0. The molecule has 1 atom stereocenters. The Balaban J connectivity index is 1.72. The van der Waals surface area contributed by atoms with Crippen LogP contribution < -0.4 is 9.64 Å². The molecule has 0 bridgehead atoms. The first kappa shape index (κ1) is 23.5. The maximum absolute atomic E-state index is 14.5. The van der Waals surface area contributed by atoms with Crippen LogP contribution in [0.5, 0.6) is 5.75 Å². The van der Waals surface area contributed by atoms with Crippen LogP contribution in [-0.4, -0.2) is 37.6 Å². The van der Waals surface area contributed by atoms with Crippen LogP contribution in [0.2, 0.25) is 0 Å². The topological polar surface area (TPSA) is 56.6 Å². The Bertz CT molecular complexity index is 1200. The summed E-state index contributed by atoms with van der Waals surface area (Å²) in [6.45, 7) is 3.90. The van der Waals surface area contributed by atoms with Gasteiger partial charge in [-0.05, 0) is 49.1 Å². The fraction of sp³-hybridized carbons (Fsp3) is 0.333. The van der Waals surface area contributed by atoms with Crippen LogP contribution in [0, 0.1) is 28.9 Å². The number of carbonyl (C=O) groups excluding carboxylic acids is 1. The number of piperidine rings is 1. The summed E-state index contributed by atoms with van der Waals surface area (Å²) in [5, 5.41) is 9.10. The van der Waals surface area contributed by atoms with Crippen molar-refractivity contribution in [2.45, 2.75) is 26.2 Å². The minimum absolute atomic E-state index is 0.0506. The first-order valence-corrected chi connectivity index (χ1v) is 11.5. The van der Waals surface area contributed by atoms with Crippen LogP contribution in [0.25, 0.3) is 5.70 Å². The van der Waals surface area contributed by atoms with Gasteiger partial charge in [0.1, 0.15) is 11.9 Å². The zero-order chi connectivity index (χ0) is 24.2. The zero-order valence-corrected chi connectivity index (χ0v) is 19.4. The SMILES string of the molecule is CC[C@@H]1CCCN(C(=O)C2=CCN(c3ccc(OC)c(F)c3)C(c3ccc(C#N)c(F)c3)=C2)C1. The van der Waals surface area contributed by atoms with Gasteiger partial charge in [0.05, 0.1) is 12.7 Å². The largest absolute Gasteiger partial charge is 0.494 e. The molecule has 0 spiro atoms. The Labute approximate surface area is 198 Å². The predicted molar refractivity (Wildman–Crippen MR) is 127 cm³/mol. The molecule has 176 valence electrons. The van der Waals surface area contributed by atoms with Gasteiger partial charge >= 0.3 is 0 Å². The number of likely N-dealkylation sites (tertiary alicyclic amines) is 1.